The van der Waals surface area contributed by atoms with E-state index in [0.29, 0.717) is 29.5 Å². The van der Waals surface area contributed by atoms with Crippen LogP contribution in [0.15, 0.2) is 73.1 Å². The summed E-state index contributed by atoms with van der Waals surface area (Å²) in [7, 11) is 1.51. The Morgan fingerprint density at radius 3 is 2.56 bits per heavy atom. The lowest BCUT2D eigenvalue weighted by Crippen LogP contribution is -2.37. The molecule has 2 aromatic carbocycles. The minimum Gasteiger partial charge on any atom is -0.497 e. The van der Waals surface area contributed by atoms with Gasteiger partial charge in [0.25, 0.3) is 5.91 Å². The summed E-state index contributed by atoms with van der Waals surface area (Å²) in [5.41, 5.74) is 1.70. The normalized spacial score (nSPS) is 15.2. The van der Waals surface area contributed by atoms with Crippen LogP contribution in [0.4, 0.5) is 16.2 Å². The Hall–Kier alpha value is -4.40. The predicted molar refractivity (Wildman–Crippen MR) is 135 cm³/mol. The van der Waals surface area contributed by atoms with E-state index in [2.05, 4.69) is 10.3 Å². The maximum Gasteiger partial charge on any atom is 0.332 e. The Bertz CT molecular complexity index is 1220. The van der Waals surface area contributed by atoms with Gasteiger partial charge in [0, 0.05) is 30.7 Å². The molecule has 4 rings (SSSR count). The largest absolute Gasteiger partial charge is 0.497 e. The molecule has 0 aliphatic carbocycles. The van der Waals surface area contributed by atoms with Crippen LogP contribution in [0.5, 0.6) is 11.5 Å². The zero-order valence-corrected chi connectivity index (χ0v) is 20.2. The maximum atomic E-state index is 13.5. The second kappa shape index (κ2) is 11.4. The number of benzene rings is 2. The molecule has 9 nitrogen and oxygen atoms in total. The number of amides is 4. The third-order valence-electron chi connectivity index (χ3n) is 5.70. The first-order valence-electron chi connectivity index (χ1n) is 11.7. The minimum absolute atomic E-state index is 0.139. The van der Waals surface area contributed by atoms with Gasteiger partial charge in [0.15, 0.2) is 0 Å². The number of ether oxygens (including phenoxy) is 2. The van der Waals surface area contributed by atoms with Crippen LogP contribution in [0, 0.1) is 0 Å². The number of hydrogen-bond acceptors (Lipinski definition) is 6. The monoisotopic (exact) mass is 488 g/mol. The summed E-state index contributed by atoms with van der Waals surface area (Å²) in [6, 6.07) is 15.8. The van der Waals surface area contributed by atoms with Crippen LogP contribution in [-0.4, -0.2) is 47.5 Å². The summed E-state index contributed by atoms with van der Waals surface area (Å²) < 4.78 is 10.8. The molecule has 186 valence electrons. The molecule has 1 fully saturated rings. The highest BCUT2D eigenvalue weighted by Gasteiger charge is 2.46. The molecule has 1 atom stereocenters. The quantitative estimate of drug-likeness (QED) is 0.428. The van der Waals surface area contributed by atoms with Gasteiger partial charge in [-0.2, -0.15) is 0 Å². The fourth-order valence-electron chi connectivity index (χ4n) is 3.93. The molecule has 1 aromatic heterocycles. The van der Waals surface area contributed by atoms with E-state index in [4.69, 9.17) is 9.47 Å². The molecule has 2 heterocycles. The van der Waals surface area contributed by atoms with Gasteiger partial charge in [-0.15, -0.1) is 0 Å². The van der Waals surface area contributed by atoms with Crippen molar-refractivity contribution in [3.05, 3.63) is 78.6 Å². The van der Waals surface area contributed by atoms with Gasteiger partial charge in [0.05, 0.1) is 25.8 Å². The molecular formula is C27H28N4O5. The number of urea groups is 1. The molecule has 1 aliphatic heterocycles. The number of carbonyl (C=O) groups is 3. The van der Waals surface area contributed by atoms with Crippen molar-refractivity contribution >= 4 is 29.2 Å². The van der Waals surface area contributed by atoms with Crippen LogP contribution in [0.2, 0.25) is 0 Å². The van der Waals surface area contributed by atoms with Crippen LogP contribution in [0.25, 0.3) is 0 Å². The van der Waals surface area contributed by atoms with Crippen molar-refractivity contribution in [2.24, 2.45) is 0 Å². The number of nitrogens with one attached hydrogen (secondary N) is 1. The Morgan fingerprint density at radius 2 is 1.86 bits per heavy atom. The van der Waals surface area contributed by atoms with Crippen LogP contribution in [-0.2, 0) is 16.1 Å². The molecule has 1 saturated heterocycles. The summed E-state index contributed by atoms with van der Waals surface area (Å²) in [5.74, 6) is 0.366. The molecule has 9 heteroatoms. The highest BCUT2D eigenvalue weighted by molar-refractivity contribution is 6.22. The Labute approximate surface area is 209 Å². The summed E-state index contributed by atoms with van der Waals surface area (Å²) in [5, 5.41) is 2.81. The van der Waals surface area contributed by atoms with E-state index in [1.807, 2.05) is 13.0 Å². The van der Waals surface area contributed by atoms with E-state index in [1.165, 1.54) is 12.0 Å². The average Bonchev–Trinajstić information content (AvgIpc) is 3.12. The van der Waals surface area contributed by atoms with Gasteiger partial charge < -0.3 is 19.7 Å². The first kappa shape index (κ1) is 24.7. The molecule has 0 bridgehead atoms. The molecule has 4 amide bonds. The number of methoxy groups -OCH3 is 1. The second-order valence-electron chi connectivity index (χ2n) is 8.29. The number of nitrogens with zero attached hydrogens (tertiary/aromatic N) is 3. The SMILES string of the molecule is CCCOc1ccc(NC(=O)CC2C(=O)N(c3cccc(OC)c3)C(=O)N2Cc2cccnc2)cc1. The molecule has 36 heavy (non-hydrogen) atoms. The lowest BCUT2D eigenvalue weighted by atomic mass is 10.1. The summed E-state index contributed by atoms with van der Waals surface area (Å²) in [6.45, 7) is 2.77. The van der Waals surface area contributed by atoms with Crippen LogP contribution in [0.3, 0.4) is 0 Å². The van der Waals surface area contributed by atoms with Crippen molar-refractivity contribution < 1.29 is 23.9 Å². The molecule has 1 unspecified atom stereocenters. The Kier molecular flexibility index (Phi) is 7.79. The molecule has 1 N–H and O–H groups in total. The van der Waals surface area contributed by atoms with Crippen molar-refractivity contribution in [3.63, 3.8) is 0 Å². The van der Waals surface area contributed by atoms with Crippen molar-refractivity contribution in [3.8, 4) is 11.5 Å². The number of hydrogen-bond donors (Lipinski definition) is 1. The van der Waals surface area contributed by atoms with Crippen LogP contribution < -0.4 is 19.7 Å². The average molecular weight is 489 g/mol. The van der Waals surface area contributed by atoms with Crippen LogP contribution in [0.1, 0.15) is 25.3 Å². The second-order valence-corrected chi connectivity index (χ2v) is 8.29. The number of aromatic nitrogens is 1. The predicted octanol–water partition coefficient (Wildman–Crippen LogP) is 4.25. The molecule has 0 spiro atoms. The molecule has 3 aromatic rings. The maximum absolute atomic E-state index is 13.5. The van der Waals surface area contributed by atoms with Gasteiger partial charge in [-0.1, -0.05) is 19.1 Å². The number of anilines is 2. The third kappa shape index (κ3) is 5.63. The Balaban J connectivity index is 1.54. The van der Waals surface area contributed by atoms with Gasteiger partial charge >= 0.3 is 6.03 Å². The lowest BCUT2D eigenvalue weighted by molar-refractivity contribution is -0.124. The Morgan fingerprint density at radius 1 is 1.06 bits per heavy atom. The number of rotatable bonds is 10. The highest BCUT2D eigenvalue weighted by atomic mass is 16.5. The van der Waals surface area contributed by atoms with Gasteiger partial charge in [0.1, 0.15) is 17.5 Å². The van der Waals surface area contributed by atoms with Crippen molar-refractivity contribution in [2.75, 3.05) is 23.9 Å². The number of carbonyl (C=O) groups excluding carboxylic acids is 3. The zero-order chi connectivity index (χ0) is 25.5. The van der Waals surface area contributed by atoms with E-state index < -0.39 is 18.0 Å². The fraction of sp³-hybridized carbons (Fsp3) is 0.259. The summed E-state index contributed by atoms with van der Waals surface area (Å²) >= 11 is 0. The van der Waals surface area contributed by atoms with Crippen molar-refractivity contribution in [1.82, 2.24) is 9.88 Å². The first-order valence-corrected chi connectivity index (χ1v) is 11.7. The minimum atomic E-state index is -0.976. The van der Waals surface area contributed by atoms with E-state index in [9.17, 15) is 14.4 Å². The molecule has 1 aliphatic rings. The van der Waals surface area contributed by atoms with E-state index in [-0.39, 0.29) is 18.9 Å². The van der Waals surface area contributed by atoms with Gasteiger partial charge in [0.2, 0.25) is 5.91 Å². The van der Waals surface area contributed by atoms with Gasteiger partial charge in [-0.3, -0.25) is 14.6 Å². The summed E-state index contributed by atoms with van der Waals surface area (Å²) in [6.07, 6.45) is 3.96. The zero-order valence-electron chi connectivity index (χ0n) is 20.2. The van der Waals surface area contributed by atoms with Crippen molar-refractivity contribution in [1.29, 1.82) is 0 Å². The molecule has 0 radical (unpaired) electrons. The smallest absolute Gasteiger partial charge is 0.332 e. The van der Waals surface area contributed by atoms with E-state index in [0.717, 1.165) is 16.9 Å². The number of imide groups is 1. The molecular weight excluding hydrogens is 460 g/mol. The fourth-order valence-corrected chi connectivity index (χ4v) is 3.93. The topological polar surface area (TPSA) is 101 Å². The van der Waals surface area contributed by atoms with Crippen LogP contribution >= 0.6 is 0 Å². The third-order valence-corrected chi connectivity index (χ3v) is 5.70. The van der Waals surface area contributed by atoms with E-state index >= 15 is 0 Å². The summed E-state index contributed by atoms with van der Waals surface area (Å²) in [4.78, 5) is 46.4. The standard InChI is InChI=1S/C27H28N4O5/c1-3-14-36-22-11-9-20(10-12-22)29-25(32)16-24-26(33)31(21-7-4-8-23(15-21)35-2)27(34)30(24)18-19-6-5-13-28-17-19/h4-13,15,17,24H,3,14,16,18H2,1-2H3,(H,29,32). The van der Waals surface area contributed by atoms with Crippen molar-refractivity contribution in [2.45, 2.75) is 32.4 Å². The number of pyridine rings is 1. The molecule has 0 saturated carbocycles. The lowest BCUT2D eigenvalue weighted by Gasteiger charge is -2.21. The van der Waals surface area contributed by atoms with Gasteiger partial charge in [-0.25, -0.2) is 9.69 Å². The highest BCUT2D eigenvalue weighted by Crippen LogP contribution is 2.30. The van der Waals surface area contributed by atoms with E-state index in [1.54, 1.807) is 67.0 Å². The first-order chi connectivity index (χ1) is 17.5. The van der Waals surface area contributed by atoms with Gasteiger partial charge in [-0.05, 0) is 54.4 Å².